The Morgan fingerprint density at radius 2 is 2.35 bits per heavy atom. The Morgan fingerprint density at radius 3 is 3.09 bits per heavy atom. The first-order valence-corrected chi connectivity index (χ1v) is 7.57. The molecule has 0 radical (unpaired) electrons. The number of nitrogens with one attached hydrogen (secondary N) is 1. The zero-order chi connectivity index (χ0) is 16.1. The molecule has 1 saturated heterocycles. The summed E-state index contributed by atoms with van der Waals surface area (Å²) >= 11 is 0. The van der Waals surface area contributed by atoms with E-state index in [4.69, 9.17) is 9.47 Å². The normalized spacial score (nSPS) is 17.2. The maximum Gasteiger partial charge on any atom is 0.255 e. The van der Waals surface area contributed by atoms with Gasteiger partial charge in [-0.25, -0.2) is 4.68 Å². The fourth-order valence-electron chi connectivity index (χ4n) is 2.40. The Labute approximate surface area is 133 Å². The molecule has 2 heterocycles. The van der Waals surface area contributed by atoms with Crippen LogP contribution in [0.1, 0.15) is 29.0 Å². The molecule has 1 N–H and O–H groups in total. The molecule has 2 aromatic rings. The van der Waals surface area contributed by atoms with Gasteiger partial charge in [-0.05, 0) is 35.4 Å². The van der Waals surface area contributed by atoms with Crippen LogP contribution in [0, 0.1) is 0 Å². The van der Waals surface area contributed by atoms with E-state index in [1.54, 1.807) is 25.2 Å². The van der Waals surface area contributed by atoms with Crippen LogP contribution < -0.4 is 10.1 Å². The first-order chi connectivity index (χ1) is 11.2. The summed E-state index contributed by atoms with van der Waals surface area (Å²) in [5, 5.41) is 14.0. The van der Waals surface area contributed by atoms with Crippen LogP contribution in [-0.2, 0) is 18.4 Å². The van der Waals surface area contributed by atoms with Crippen molar-refractivity contribution >= 4 is 5.91 Å². The van der Waals surface area contributed by atoms with Crippen molar-refractivity contribution in [1.82, 2.24) is 25.5 Å². The number of aryl methyl sites for hydroxylation is 1. The molecule has 0 saturated carbocycles. The van der Waals surface area contributed by atoms with Crippen molar-refractivity contribution in [3.05, 3.63) is 35.7 Å². The number of aromatic nitrogens is 4. The van der Waals surface area contributed by atoms with Gasteiger partial charge in [0.25, 0.3) is 5.91 Å². The Bertz CT molecular complexity index is 667. The lowest BCUT2D eigenvalue weighted by molar-refractivity contribution is 0.0854. The molecule has 1 aromatic carbocycles. The highest BCUT2D eigenvalue weighted by molar-refractivity contribution is 5.96. The molecule has 122 valence electrons. The van der Waals surface area contributed by atoms with Gasteiger partial charge in [-0.3, -0.25) is 4.79 Å². The summed E-state index contributed by atoms with van der Waals surface area (Å²) in [5.74, 6) is 0.909. The molecular formula is C15H19N5O3. The summed E-state index contributed by atoms with van der Waals surface area (Å²) in [7, 11) is 1.74. The van der Waals surface area contributed by atoms with E-state index >= 15 is 0 Å². The smallest absolute Gasteiger partial charge is 0.255 e. The molecule has 1 aliphatic rings. The van der Waals surface area contributed by atoms with Gasteiger partial charge in [-0.15, -0.1) is 5.10 Å². The van der Waals surface area contributed by atoms with E-state index in [1.807, 2.05) is 6.07 Å². The van der Waals surface area contributed by atoms with Gasteiger partial charge in [0.15, 0.2) is 5.82 Å². The number of nitrogens with zero attached hydrogens (tertiary/aromatic N) is 4. The van der Waals surface area contributed by atoms with Crippen molar-refractivity contribution in [3.8, 4) is 5.75 Å². The minimum Gasteiger partial charge on any atom is -0.485 e. The number of ether oxygens (including phenoxy) is 2. The monoisotopic (exact) mass is 317 g/mol. The van der Waals surface area contributed by atoms with Crippen LogP contribution in [0.15, 0.2) is 24.3 Å². The second-order valence-corrected chi connectivity index (χ2v) is 5.35. The SMILES string of the molecule is Cn1nnnc1COc1ccccc1C(=O)NC[C@H]1CCCO1. The Morgan fingerprint density at radius 1 is 1.48 bits per heavy atom. The van der Waals surface area contributed by atoms with Crippen molar-refractivity contribution in [1.29, 1.82) is 0 Å². The maximum atomic E-state index is 12.4. The highest BCUT2D eigenvalue weighted by atomic mass is 16.5. The predicted molar refractivity (Wildman–Crippen MR) is 80.9 cm³/mol. The van der Waals surface area contributed by atoms with Gasteiger partial charge in [0.2, 0.25) is 0 Å². The van der Waals surface area contributed by atoms with Gasteiger partial charge in [-0.1, -0.05) is 12.1 Å². The molecule has 8 heteroatoms. The van der Waals surface area contributed by atoms with Crippen LogP contribution >= 0.6 is 0 Å². The van der Waals surface area contributed by atoms with Gasteiger partial charge >= 0.3 is 0 Å². The Balaban J connectivity index is 1.62. The van der Waals surface area contributed by atoms with Crippen molar-refractivity contribution < 1.29 is 14.3 Å². The summed E-state index contributed by atoms with van der Waals surface area (Å²) in [5.41, 5.74) is 0.487. The van der Waals surface area contributed by atoms with Gasteiger partial charge in [-0.2, -0.15) is 0 Å². The molecular weight excluding hydrogens is 298 g/mol. The van der Waals surface area contributed by atoms with Crippen LogP contribution in [0.2, 0.25) is 0 Å². The average Bonchev–Trinajstić information content (AvgIpc) is 3.22. The van der Waals surface area contributed by atoms with Crippen LogP contribution in [0.3, 0.4) is 0 Å². The van der Waals surface area contributed by atoms with Crippen molar-refractivity contribution in [3.63, 3.8) is 0 Å². The van der Waals surface area contributed by atoms with E-state index in [2.05, 4.69) is 20.8 Å². The third kappa shape index (κ3) is 3.84. The molecule has 3 rings (SSSR count). The number of hydrogen-bond acceptors (Lipinski definition) is 6. The number of rotatable bonds is 6. The first-order valence-electron chi connectivity index (χ1n) is 7.57. The standard InChI is InChI=1S/C15H19N5O3/c1-20-14(17-18-19-20)10-23-13-7-3-2-6-12(13)15(21)16-9-11-5-4-8-22-11/h2-3,6-7,11H,4-5,8-10H2,1H3,(H,16,21)/t11-/m1/s1. The van der Waals surface area contributed by atoms with E-state index in [-0.39, 0.29) is 18.6 Å². The number of carbonyl (C=O) groups is 1. The summed E-state index contributed by atoms with van der Waals surface area (Å²) in [4.78, 5) is 12.4. The lowest BCUT2D eigenvalue weighted by Gasteiger charge is -2.13. The van der Waals surface area contributed by atoms with Gasteiger partial charge in [0, 0.05) is 20.2 Å². The van der Waals surface area contributed by atoms with Crippen molar-refractivity contribution in [2.75, 3.05) is 13.2 Å². The second-order valence-electron chi connectivity index (χ2n) is 5.35. The largest absolute Gasteiger partial charge is 0.485 e. The molecule has 1 amide bonds. The third-order valence-electron chi connectivity index (χ3n) is 3.71. The molecule has 0 bridgehead atoms. The Kier molecular flexibility index (Phi) is 4.82. The molecule has 1 aliphatic heterocycles. The van der Waals surface area contributed by atoms with E-state index in [9.17, 15) is 4.79 Å². The molecule has 0 aliphatic carbocycles. The zero-order valence-corrected chi connectivity index (χ0v) is 12.9. The fraction of sp³-hybridized carbons (Fsp3) is 0.467. The molecule has 0 unspecified atom stereocenters. The number of hydrogen-bond donors (Lipinski definition) is 1. The highest BCUT2D eigenvalue weighted by Gasteiger charge is 2.18. The summed E-state index contributed by atoms with van der Waals surface area (Å²) in [6, 6.07) is 7.11. The maximum absolute atomic E-state index is 12.4. The van der Waals surface area contributed by atoms with Crippen molar-refractivity contribution in [2.24, 2.45) is 7.05 Å². The zero-order valence-electron chi connectivity index (χ0n) is 12.9. The first kappa shape index (κ1) is 15.4. The topological polar surface area (TPSA) is 91.2 Å². The highest BCUT2D eigenvalue weighted by Crippen LogP contribution is 2.19. The van der Waals surface area contributed by atoms with E-state index in [1.165, 1.54) is 4.68 Å². The van der Waals surface area contributed by atoms with E-state index < -0.39 is 0 Å². The number of benzene rings is 1. The molecule has 0 spiro atoms. The molecule has 1 fully saturated rings. The minimum absolute atomic E-state index is 0.108. The number of para-hydroxylation sites is 1. The number of carbonyl (C=O) groups excluding carboxylic acids is 1. The third-order valence-corrected chi connectivity index (χ3v) is 3.71. The fourth-order valence-corrected chi connectivity index (χ4v) is 2.40. The van der Waals surface area contributed by atoms with Gasteiger partial charge in [0.05, 0.1) is 11.7 Å². The summed E-state index contributed by atoms with van der Waals surface area (Å²) < 4.78 is 12.7. The molecule has 1 aromatic heterocycles. The predicted octanol–water partition coefficient (Wildman–Crippen LogP) is 0.698. The van der Waals surface area contributed by atoms with Crippen LogP contribution in [0.4, 0.5) is 0 Å². The van der Waals surface area contributed by atoms with Gasteiger partial charge < -0.3 is 14.8 Å². The second kappa shape index (κ2) is 7.19. The van der Waals surface area contributed by atoms with Crippen LogP contribution in [0.25, 0.3) is 0 Å². The minimum atomic E-state index is -0.174. The summed E-state index contributed by atoms with van der Waals surface area (Å²) in [6.07, 6.45) is 2.14. The molecule has 1 atom stereocenters. The lowest BCUT2D eigenvalue weighted by atomic mass is 10.1. The van der Waals surface area contributed by atoms with E-state index in [0.717, 1.165) is 19.4 Å². The van der Waals surface area contributed by atoms with E-state index in [0.29, 0.717) is 23.7 Å². The molecule has 8 nitrogen and oxygen atoms in total. The van der Waals surface area contributed by atoms with Crippen molar-refractivity contribution in [2.45, 2.75) is 25.6 Å². The lowest BCUT2D eigenvalue weighted by Crippen LogP contribution is -2.32. The Hall–Kier alpha value is -2.48. The van der Waals surface area contributed by atoms with Crippen LogP contribution in [-0.4, -0.2) is 45.4 Å². The molecule has 23 heavy (non-hydrogen) atoms. The quantitative estimate of drug-likeness (QED) is 0.843. The number of amides is 1. The van der Waals surface area contributed by atoms with Crippen LogP contribution in [0.5, 0.6) is 5.75 Å². The number of tetrazole rings is 1. The average molecular weight is 317 g/mol. The van der Waals surface area contributed by atoms with Gasteiger partial charge in [0.1, 0.15) is 12.4 Å². The summed E-state index contributed by atoms with van der Waals surface area (Å²) in [6.45, 7) is 1.48.